The largest absolute Gasteiger partial charge is 0.426 e. The Balaban J connectivity index is 2.56. The summed E-state index contributed by atoms with van der Waals surface area (Å²) in [7, 11) is 0. The van der Waals surface area contributed by atoms with Gasteiger partial charge in [0, 0.05) is 12.1 Å². The number of carbonyl (C=O) groups excluding carboxylic acids is 1. The smallest absolute Gasteiger partial charge is 0.314 e. The number of nitro benzene ring substituents is 1. The van der Waals surface area contributed by atoms with Crippen LogP contribution in [0.25, 0.3) is 0 Å². The van der Waals surface area contributed by atoms with Crippen LogP contribution >= 0.6 is 0 Å². The van der Waals surface area contributed by atoms with Gasteiger partial charge in [-0.2, -0.15) is 0 Å². The Hall–Kier alpha value is -1.91. The molecule has 5 nitrogen and oxygen atoms in total. The Morgan fingerprint density at radius 2 is 2.00 bits per heavy atom. The Morgan fingerprint density at radius 3 is 2.50 bits per heavy atom. The summed E-state index contributed by atoms with van der Waals surface area (Å²) in [6.07, 6.45) is 2.81. The van der Waals surface area contributed by atoms with Crippen molar-refractivity contribution in [1.82, 2.24) is 0 Å². The zero-order chi connectivity index (χ0) is 13.5. The molecule has 18 heavy (non-hydrogen) atoms. The molecule has 98 valence electrons. The second-order valence-corrected chi connectivity index (χ2v) is 4.22. The topological polar surface area (TPSA) is 69.4 Å². The molecule has 0 aliphatic heterocycles. The van der Waals surface area contributed by atoms with Gasteiger partial charge in [0.25, 0.3) is 5.69 Å². The highest BCUT2D eigenvalue weighted by Crippen LogP contribution is 2.19. The fourth-order valence-electron chi connectivity index (χ4n) is 1.48. The number of nitro groups is 1. The maximum atomic E-state index is 11.7. The summed E-state index contributed by atoms with van der Waals surface area (Å²) < 4.78 is 5.15. The highest BCUT2D eigenvalue weighted by Gasteiger charge is 2.15. The molecular formula is C13H17NO4. The maximum absolute atomic E-state index is 11.7. The van der Waals surface area contributed by atoms with Crippen molar-refractivity contribution in [3.05, 3.63) is 34.4 Å². The van der Waals surface area contributed by atoms with Crippen LogP contribution in [0.2, 0.25) is 0 Å². The number of hydrogen-bond acceptors (Lipinski definition) is 4. The molecule has 0 spiro atoms. The Morgan fingerprint density at radius 1 is 1.39 bits per heavy atom. The predicted octanol–water partition coefficient (Wildman–Crippen LogP) is 3.33. The van der Waals surface area contributed by atoms with Crippen molar-refractivity contribution >= 4 is 11.7 Å². The first-order chi connectivity index (χ1) is 8.54. The van der Waals surface area contributed by atoms with Gasteiger partial charge in [-0.1, -0.05) is 26.7 Å². The van der Waals surface area contributed by atoms with Crippen molar-refractivity contribution in [3.8, 4) is 5.75 Å². The Bertz CT molecular complexity index is 414. The molecule has 0 N–H and O–H groups in total. The molecule has 0 bridgehead atoms. The van der Waals surface area contributed by atoms with Crippen LogP contribution in [-0.2, 0) is 4.79 Å². The molecule has 0 saturated carbocycles. The van der Waals surface area contributed by atoms with Gasteiger partial charge in [-0.05, 0) is 18.6 Å². The molecule has 0 heterocycles. The molecule has 1 atom stereocenters. The summed E-state index contributed by atoms with van der Waals surface area (Å²) in [5.74, 6) is -0.105. The molecule has 0 aliphatic carbocycles. The van der Waals surface area contributed by atoms with Crippen LogP contribution < -0.4 is 4.74 Å². The normalized spacial score (nSPS) is 11.9. The predicted molar refractivity (Wildman–Crippen MR) is 67.4 cm³/mol. The molecule has 0 unspecified atom stereocenters. The fourth-order valence-corrected chi connectivity index (χ4v) is 1.48. The molecule has 0 amide bonds. The minimum absolute atomic E-state index is 0.0196. The minimum Gasteiger partial charge on any atom is -0.426 e. The zero-order valence-electron chi connectivity index (χ0n) is 10.6. The summed E-state index contributed by atoms with van der Waals surface area (Å²) >= 11 is 0. The van der Waals surface area contributed by atoms with Crippen LogP contribution in [-0.4, -0.2) is 10.9 Å². The lowest BCUT2D eigenvalue weighted by molar-refractivity contribution is -0.384. The molecule has 0 aromatic heterocycles. The van der Waals surface area contributed by atoms with Crippen molar-refractivity contribution in [2.75, 3.05) is 0 Å². The van der Waals surface area contributed by atoms with E-state index >= 15 is 0 Å². The second-order valence-electron chi connectivity index (χ2n) is 4.22. The summed E-state index contributed by atoms with van der Waals surface area (Å²) in [5, 5.41) is 10.5. The van der Waals surface area contributed by atoms with Crippen LogP contribution in [0.3, 0.4) is 0 Å². The summed E-state index contributed by atoms with van der Waals surface area (Å²) in [4.78, 5) is 21.6. The van der Waals surface area contributed by atoms with Crippen molar-refractivity contribution in [3.63, 3.8) is 0 Å². The molecule has 0 radical (unpaired) electrons. The third-order valence-electron chi connectivity index (χ3n) is 2.66. The van der Waals surface area contributed by atoms with E-state index < -0.39 is 4.92 Å². The Kier molecular flexibility index (Phi) is 5.30. The summed E-state index contributed by atoms with van der Waals surface area (Å²) in [6.45, 7) is 3.89. The third kappa shape index (κ3) is 4.16. The van der Waals surface area contributed by atoms with Gasteiger partial charge in [-0.15, -0.1) is 0 Å². The first-order valence-electron chi connectivity index (χ1n) is 6.00. The maximum Gasteiger partial charge on any atom is 0.314 e. The number of benzene rings is 1. The average molecular weight is 251 g/mol. The number of carbonyl (C=O) groups is 1. The number of hydrogen-bond donors (Lipinski definition) is 0. The highest BCUT2D eigenvalue weighted by molar-refractivity contribution is 5.74. The van der Waals surface area contributed by atoms with Gasteiger partial charge in [0.2, 0.25) is 0 Å². The summed E-state index contributed by atoms with van der Waals surface area (Å²) in [5.41, 5.74) is -0.0196. The van der Waals surface area contributed by atoms with E-state index in [2.05, 4.69) is 6.92 Å². The van der Waals surface area contributed by atoms with Crippen LogP contribution in [0, 0.1) is 16.0 Å². The molecule has 5 heteroatoms. The van der Waals surface area contributed by atoms with Crippen molar-refractivity contribution in [2.45, 2.75) is 33.1 Å². The molecule has 0 saturated heterocycles. The van der Waals surface area contributed by atoms with Crippen LogP contribution in [0.1, 0.15) is 33.1 Å². The highest BCUT2D eigenvalue weighted by atomic mass is 16.6. The van der Waals surface area contributed by atoms with E-state index in [-0.39, 0.29) is 17.6 Å². The average Bonchev–Trinajstić information content (AvgIpc) is 2.36. The first-order valence-corrected chi connectivity index (χ1v) is 6.00. The zero-order valence-corrected chi connectivity index (χ0v) is 10.6. The first kappa shape index (κ1) is 14.2. The second kappa shape index (κ2) is 6.74. The lowest BCUT2D eigenvalue weighted by Gasteiger charge is -2.10. The monoisotopic (exact) mass is 251 g/mol. The number of unbranched alkanes of at least 4 members (excludes halogenated alkanes) is 1. The van der Waals surface area contributed by atoms with Gasteiger partial charge < -0.3 is 4.74 Å². The van der Waals surface area contributed by atoms with E-state index in [1.54, 1.807) is 0 Å². The van der Waals surface area contributed by atoms with Gasteiger partial charge in [0.05, 0.1) is 10.8 Å². The minimum atomic E-state index is -0.491. The SMILES string of the molecule is CCCC[C@H](C)C(=O)Oc1ccc([N+](=O)[O-])cc1. The molecular weight excluding hydrogens is 234 g/mol. The number of esters is 1. The number of ether oxygens (including phenoxy) is 1. The Labute approximate surface area is 106 Å². The molecule has 1 aromatic rings. The van der Waals surface area contributed by atoms with E-state index in [1.807, 2.05) is 6.92 Å². The third-order valence-corrected chi connectivity index (χ3v) is 2.66. The van der Waals surface area contributed by atoms with E-state index in [4.69, 9.17) is 4.74 Å². The summed E-state index contributed by atoms with van der Waals surface area (Å²) in [6, 6.07) is 5.50. The molecule has 1 aromatic carbocycles. The fraction of sp³-hybridized carbons (Fsp3) is 0.462. The van der Waals surface area contributed by atoms with E-state index in [1.165, 1.54) is 24.3 Å². The van der Waals surface area contributed by atoms with Gasteiger partial charge in [-0.3, -0.25) is 14.9 Å². The lowest BCUT2D eigenvalue weighted by atomic mass is 10.1. The lowest BCUT2D eigenvalue weighted by Crippen LogP contribution is -2.17. The van der Waals surface area contributed by atoms with Crippen molar-refractivity contribution < 1.29 is 14.5 Å². The quantitative estimate of drug-likeness (QED) is 0.336. The standard InChI is InChI=1S/C13H17NO4/c1-3-4-5-10(2)13(15)18-12-8-6-11(7-9-12)14(16)17/h6-10H,3-5H2,1-2H3/t10-/m0/s1. The van der Waals surface area contributed by atoms with Gasteiger partial charge in [-0.25, -0.2) is 0 Å². The number of rotatable bonds is 6. The molecule has 0 fully saturated rings. The van der Waals surface area contributed by atoms with Gasteiger partial charge >= 0.3 is 5.97 Å². The molecule has 0 aliphatic rings. The van der Waals surface area contributed by atoms with Gasteiger partial charge in [0.15, 0.2) is 0 Å². The van der Waals surface area contributed by atoms with Crippen LogP contribution in [0.5, 0.6) is 5.75 Å². The van der Waals surface area contributed by atoms with Gasteiger partial charge in [0.1, 0.15) is 5.75 Å². The number of nitrogens with zero attached hydrogens (tertiary/aromatic N) is 1. The molecule has 1 rings (SSSR count). The van der Waals surface area contributed by atoms with Crippen molar-refractivity contribution in [2.24, 2.45) is 5.92 Å². The van der Waals surface area contributed by atoms with E-state index in [0.29, 0.717) is 5.75 Å². The van der Waals surface area contributed by atoms with Crippen LogP contribution in [0.15, 0.2) is 24.3 Å². The van der Waals surface area contributed by atoms with Crippen LogP contribution in [0.4, 0.5) is 5.69 Å². The van der Waals surface area contributed by atoms with E-state index in [0.717, 1.165) is 19.3 Å². The van der Waals surface area contributed by atoms with Crippen molar-refractivity contribution in [1.29, 1.82) is 0 Å². The van der Waals surface area contributed by atoms with E-state index in [9.17, 15) is 14.9 Å². The number of non-ortho nitro benzene ring substituents is 1.